The molecule has 39 heavy (non-hydrogen) atoms. The van der Waals surface area contributed by atoms with Crippen LogP contribution in [0, 0.1) is 5.92 Å². The number of anilines is 1. The lowest BCUT2D eigenvalue weighted by Crippen LogP contribution is -2.47. The van der Waals surface area contributed by atoms with Gasteiger partial charge in [-0.3, -0.25) is 19.0 Å². The Morgan fingerprint density at radius 2 is 1.82 bits per heavy atom. The van der Waals surface area contributed by atoms with Crippen LogP contribution in [-0.2, 0) is 23.9 Å². The zero-order chi connectivity index (χ0) is 28.6. The fourth-order valence-electron chi connectivity index (χ4n) is 5.49. The molecule has 1 atom stereocenters. The zero-order valence-electron chi connectivity index (χ0n) is 22.4. The van der Waals surface area contributed by atoms with Gasteiger partial charge in [-0.15, -0.1) is 0 Å². The summed E-state index contributed by atoms with van der Waals surface area (Å²) in [6.07, 6.45) is -1.84. The van der Waals surface area contributed by atoms with Crippen molar-refractivity contribution in [2.24, 2.45) is 5.92 Å². The molecule has 212 valence electrons. The first kappa shape index (κ1) is 28.9. The normalized spacial score (nSPS) is 21.5. The number of halogens is 4. The van der Waals surface area contributed by atoms with E-state index >= 15 is 0 Å². The van der Waals surface area contributed by atoms with Gasteiger partial charge in [0, 0.05) is 42.2 Å². The number of fused-ring (bicyclic) bond motifs is 1. The third-order valence-electron chi connectivity index (χ3n) is 7.52. The van der Waals surface area contributed by atoms with Gasteiger partial charge in [0.25, 0.3) is 11.5 Å². The summed E-state index contributed by atoms with van der Waals surface area (Å²) in [6.45, 7) is 5.61. The van der Waals surface area contributed by atoms with Crippen LogP contribution in [0.2, 0.25) is 5.02 Å². The maximum atomic E-state index is 13.8. The summed E-state index contributed by atoms with van der Waals surface area (Å²) in [5, 5.41) is 5.47. The van der Waals surface area contributed by atoms with E-state index < -0.39 is 28.7 Å². The molecule has 0 unspecified atom stereocenters. The summed E-state index contributed by atoms with van der Waals surface area (Å²) in [7, 11) is 1.62. The summed E-state index contributed by atoms with van der Waals surface area (Å²) in [4.78, 5) is 45.5. The van der Waals surface area contributed by atoms with E-state index in [-0.39, 0.29) is 48.0 Å². The van der Waals surface area contributed by atoms with Crippen molar-refractivity contribution >= 4 is 29.4 Å². The summed E-state index contributed by atoms with van der Waals surface area (Å²) in [5.74, 6) is -0.275. The average Bonchev–Trinajstić information content (AvgIpc) is 2.87. The van der Waals surface area contributed by atoms with Crippen molar-refractivity contribution in [1.82, 2.24) is 19.8 Å². The Labute approximate surface area is 229 Å². The number of hydrogen-bond donors (Lipinski definition) is 2. The van der Waals surface area contributed by atoms with Gasteiger partial charge in [0.15, 0.2) is 0 Å². The molecule has 1 aromatic heterocycles. The number of carbonyl (C=O) groups is 2. The largest absolute Gasteiger partial charge is 0.417 e. The molecule has 0 saturated heterocycles. The van der Waals surface area contributed by atoms with E-state index in [1.165, 1.54) is 11.0 Å². The Hall–Kier alpha value is -3.08. The number of hydrogen-bond acceptors (Lipinski definition) is 5. The standard InChI is InChI=1S/C27H33ClF3N5O3/c1-14(2)33-26-34-22-13-35(24(38)17-7-10-21(28)20(12-17)27(29,30)31)15(3)11-19(22)25(39)36(26)18-8-5-16(6-9-18)23(37)32-4/h7,10,12,14-16,18H,5-6,8-9,11,13H2,1-4H3,(H,32,37)(H,33,34)/t15-,16?,18?/m1/s1. The van der Waals surface area contributed by atoms with Crippen molar-refractivity contribution in [1.29, 1.82) is 0 Å². The smallest absolute Gasteiger partial charge is 0.359 e. The lowest BCUT2D eigenvalue weighted by Gasteiger charge is -2.36. The van der Waals surface area contributed by atoms with Gasteiger partial charge in [0.1, 0.15) is 0 Å². The molecule has 0 radical (unpaired) electrons. The molecule has 1 aromatic carbocycles. The van der Waals surface area contributed by atoms with Crippen LogP contribution in [0.3, 0.4) is 0 Å². The Kier molecular flexibility index (Phi) is 8.30. The molecule has 12 heteroatoms. The number of nitrogens with one attached hydrogen (secondary N) is 2. The molecule has 4 rings (SSSR count). The second kappa shape index (κ2) is 11.2. The topological polar surface area (TPSA) is 96.3 Å². The van der Waals surface area contributed by atoms with Gasteiger partial charge in [-0.05, 0) is 71.1 Å². The van der Waals surface area contributed by atoms with E-state index in [9.17, 15) is 27.6 Å². The second-order valence-electron chi connectivity index (χ2n) is 10.6. The minimum absolute atomic E-state index is 0.00603. The molecule has 1 fully saturated rings. The molecule has 0 bridgehead atoms. The molecule has 0 spiro atoms. The maximum absolute atomic E-state index is 13.8. The number of benzene rings is 1. The van der Waals surface area contributed by atoms with Crippen LogP contribution in [0.4, 0.5) is 19.1 Å². The number of aromatic nitrogens is 2. The van der Waals surface area contributed by atoms with Crippen molar-refractivity contribution in [3.05, 3.63) is 56.0 Å². The molecule has 2 N–H and O–H groups in total. The molecule has 2 aromatic rings. The summed E-state index contributed by atoms with van der Waals surface area (Å²) >= 11 is 5.73. The van der Waals surface area contributed by atoms with Crippen LogP contribution in [0.5, 0.6) is 0 Å². The van der Waals surface area contributed by atoms with Crippen molar-refractivity contribution < 1.29 is 22.8 Å². The van der Waals surface area contributed by atoms with Crippen molar-refractivity contribution in [2.75, 3.05) is 12.4 Å². The quantitative estimate of drug-likeness (QED) is 0.541. The van der Waals surface area contributed by atoms with Gasteiger partial charge in [-0.25, -0.2) is 4.98 Å². The van der Waals surface area contributed by atoms with Crippen LogP contribution in [0.15, 0.2) is 23.0 Å². The fourth-order valence-corrected chi connectivity index (χ4v) is 5.71. The predicted octanol–water partition coefficient (Wildman–Crippen LogP) is 4.80. The Morgan fingerprint density at radius 1 is 1.15 bits per heavy atom. The molecule has 2 aliphatic rings. The summed E-state index contributed by atoms with van der Waals surface area (Å²) < 4.78 is 41.9. The molecule has 2 heterocycles. The third kappa shape index (κ3) is 5.92. The van der Waals surface area contributed by atoms with Gasteiger partial charge in [0.2, 0.25) is 11.9 Å². The molecular formula is C27H33ClF3N5O3. The van der Waals surface area contributed by atoms with Crippen LogP contribution in [-0.4, -0.2) is 45.4 Å². The van der Waals surface area contributed by atoms with E-state index in [2.05, 4.69) is 10.6 Å². The average molecular weight is 568 g/mol. The number of carbonyl (C=O) groups excluding carboxylic acids is 2. The van der Waals surface area contributed by atoms with Gasteiger partial charge < -0.3 is 15.5 Å². The van der Waals surface area contributed by atoms with Crippen LogP contribution in [0.1, 0.15) is 79.7 Å². The summed E-state index contributed by atoms with van der Waals surface area (Å²) in [6, 6.07) is 2.51. The maximum Gasteiger partial charge on any atom is 0.417 e. The first-order chi connectivity index (χ1) is 18.3. The van der Waals surface area contributed by atoms with E-state index in [4.69, 9.17) is 16.6 Å². The third-order valence-corrected chi connectivity index (χ3v) is 7.85. The highest BCUT2D eigenvalue weighted by Crippen LogP contribution is 2.36. The Morgan fingerprint density at radius 3 is 2.41 bits per heavy atom. The van der Waals surface area contributed by atoms with Crippen molar-refractivity contribution in [2.45, 2.75) is 83.7 Å². The molecule has 1 saturated carbocycles. The monoisotopic (exact) mass is 567 g/mol. The van der Waals surface area contributed by atoms with Gasteiger partial charge in [-0.2, -0.15) is 13.2 Å². The van der Waals surface area contributed by atoms with E-state index in [0.717, 1.165) is 12.1 Å². The van der Waals surface area contributed by atoms with E-state index in [0.29, 0.717) is 42.9 Å². The molecule has 1 aliphatic carbocycles. The fraction of sp³-hybridized carbons (Fsp3) is 0.556. The second-order valence-corrected chi connectivity index (χ2v) is 11.0. The minimum atomic E-state index is -4.70. The number of nitrogens with zero attached hydrogens (tertiary/aromatic N) is 3. The molecule has 8 nitrogen and oxygen atoms in total. The number of rotatable bonds is 5. The first-order valence-electron chi connectivity index (χ1n) is 13.1. The van der Waals surface area contributed by atoms with Gasteiger partial charge in [0.05, 0.1) is 22.8 Å². The molecule has 1 aliphatic heterocycles. The summed E-state index contributed by atoms with van der Waals surface area (Å²) in [5.41, 5.74) is -0.466. The first-order valence-corrected chi connectivity index (χ1v) is 13.5. The minimum Gasteiger partial charge on any atom is -0.359 e. The Bertz CT molecular complexity index is 1320. The lowest BCUT2D eigenvalue weighted by molar-refractivity contribution is -0.137. The highest BCUT2D eigenvalue weighted by Gasteiger charge is 2.37. The van der Waals surface area contributed by atoms with Crippen LogP contribution < -0.4 is 16.2 Å². The van der Waals surface area contributed by atoms with E-state index in [1.54, 1.807) is 18.5 Å². The molecular weight excluding hydrogens is 535 g/mol. The number of amides is 2. The van der Waals surface area contributed by atoms with E-state index in [1.807, 2.05) is 13.8 Å². The van der Waals surface area contributed by atoms with Gasteiger partial charge >= 0.3 is 6.18 Å². The van der Waals surface area contributed by atoms with Crippen LogP contribution in [0.25, 0.3) is 0 Å². The zero-order valence-corrected chi connectivity index (χ0v) is 23.1. The predicted molar refractivity (Wildman–Crippen MR) is 142 cm³/mol. The lowest BCUT2D eigenvalue weighted by atomic mass is 9.85. The SMILES string of the molecule is CNC(=O)C1CCC(n2c(NC(C)C)nc3c(c2=O)C[C@@H](C)N(C(=O)c2ccc(Cl)c(C(F)(F)F)c2)C3)CC1. The molecule has 2 amide bonds. The highest BCUT2D eigenvalue weighted by atomic mass is 35.5. The highest BCUT2D eigenvalue weighted by molar-refractivity contribution is 6.31. The van der Waals surface area contributed by atoms with Crippen molar-refractivity contribution in [3.8, 4) is 0 Å². The van der Waals surface area contributed by atoms with Crippen molar-refractivity contribution in [3.63, 3.8) is 0 Å². The Balaban J connectivity index is 1.67. The van der Waals surface area contributed by atoms with Gasteiger partial charge in [-0.1, -0.05) is 11.6 Å². The van der Waals surface area contributed by atoms with Crippen LogP contribution >= 0.6 is 11.6 Å². The number of alkyl halides is 3.